The maximum absolute atomic E-state index is 12.2. The van der Waals surface area contributed by atoms with Crippen LogP contribution >= 0.6 is 0 Å². The van der Waals surface area contributed by atoms with E-state index in [2.05, 4.69) is 5.10 Å². The van der Waals surface area contributed by atoms with E-state index in [0.29, 0.717) is 32.0 Å². The van der Waals surface area contributed by atoms with Gasteiger partial charge in [-0.25, -0.2) is 0 Å². The molecule has 1 heterocycles. The predicted octanol–water partition coefficient (Wildman–Crippen LogP) is 1.04. The Kier molecular flexibility index (Phi) is 4.75. The van der Waals surface area contributed by atoms with Crippen molar-refractivity contribution in [1.82, 2.24) is 14.7 Å². The van der Waals surface area contributed by atoms with Crippen molar-refractivity contribution >= 4 is 5.91 Å². The number of aromatic nitrogens is 2. The Balaban J connectivity index is 1.82. The number of carbonyl (C=O) groups is 1. The van der Waals surface area contributed by atoms with Gasteiger partial charge < -0.3 is 10.0 Å². The average Bonchev–Trinajstić information content (AvgIpc) is 2.81. The normalized spacial score (nSPS) is 15.4. The van der Waals surface area contributed by atoms with Crippen LogP contribution in [0.3, 0.4) is 0 Å². The quantitative estimate of drug-likeness (QED) is 0.787. The molecule has 0 bridgehead atoms. The van der Waals surface area contributed by atoms with Crippen molar-refractivity contribution < 1.29 is 9.90 Å². The van der Waals surface area contributed by atoms with Crippen LogP contribution < -0.4 is 0 Å². The molecule has 1 saturated carbocycles. The summed E-state index contributed by atoms with van der Waals surface area (Å²) in [5.74, 6) is 0.184. The van der Waals surface area contributed by atoms with Gasteiger partial charge in [-0.05, 0) is 31.7 Å². The molecule has 0 spiro atoms. The third-order valence-electron chi connectivity index (χ3n) is 3.51. The van der Waals surface area contributed by atoms with E-state index >= 15 is 0 Å². The first kappa shape index (κ1) is 13.1. The highest BCUT2D eigenvalue weighted by atomic mass is 16.3. The molecule has 5 nitrogen and oxygen atoms in total. The summed E-state index contributed by atoms with van der Waals surface area (Å²) in [7, 11) is 0. The fourth-order valence-corrected chi connectivity index (χ4v) is 2.24. The van der Waals surface area contributed by atoms with Crippen LogP contribution in [0, 0.1) is 0 Å². The number of aryl methyl sites for hydroxylation is 1. The lowest BCUT2D eigenvalue weighted by atomic mass is 9.91. The molecule has 0 saturated heterocycles. The lowest BCUT2D eigenvalue weighted by Gasteiger charge is -2.37. The number of nitrogens with zero attached hydrogens (tertiary/aromatic N) is 3. The molecule has 2 rings (SSSR count). The summed E-state index contributed by atoms with van der Waals surface area (Å²) in [6.45, 7) is 1.46. The van der Waals surface area contributed by atoms with E-state index in [1.165, 1.54) is 6.42 Å². The van der Waals surface area contributed by atoms with Crippen LogP contribution in [0.1, 0.15) is 32.1 Å². The Morgan fingerprint density at radius 1 is 1.50 bits per heavy atom. The van der Waals surface area contributed by atoms with E-state index < -0.39 is 0 Å². The Morgan fingerprint density at radius 3 is 2.89 bits per heavy atom. The number of carbonyl (C=O) groups excluding carboxylic acids is 1. The second kappa shape index (κ2) is 6.54. The van der Waals surface area contributed by atoms with E-state index in [-0.39, 0.29) is 12.5 Å². The number of aliphatic hydroxyl groups excluding tert-OH is 1. The second-order valence-corrected chi connectivity index (χ2v) is 4.77. The molecule has 1 aliphatic carbocycles. The SMILES string of the molecule is O=C(CCn1cccn1)N(CCCO)C1CCC1. The van der Waals surface area contributed by atoms with Crippen molar-refractivity contribution in [3.8, 4) is 0 Å². The molecule has 1 fully saturated rings. The highest BCUT2D eigenvalue weighted by molar-refractivity contribution is 5.76. The zero-order valence-electron chi connectivity index (χ0n) is 10.7. The summed E-state index contributed by atoms with van der Waals surface area (Å²) >= 11 is 0. The highest BCUT2D eigenvalue weighted by Gasteiger charge is 2.27. The molecule has 100 valence electrons. The van der Waals surface area contributed by atoms with Crippen molar-refractivity contribution in [2.45, 2.75) is 44.7 Å². The first-order chi connectivity index (χ1) is 8.81. The number of hydrogen-bond donors (Lipinski definition) is 1. The molecule has 0 atom stereocenters. The van der Waals surface area contributed by atoms with E-state index in [0.717, 1.165) is 12.8 Å². The topological polar surface area (TPSA) is 58.4 Å². The Hall–Kier alpha value is -1.36. The Morgan fingerprint density at radius 2 is 2.33 bits per heavy atom. The molecule has 0 aliphatic heterocycles. The van der Waals surface area contributed by atoms with Gasteiger partial charge in [0.2, 0.25) is 5.91 Å². The van der Waals surface area contributed by atoms with Crippen LogP contribution in [-0.4, -0.2) is 44.9 Å². The van der Waals surface area contributed by atoms with E-state index in [1.807, 2.05) is 17.2 Å². The van der Waals surface area contributed by atoms with Crippen LogP contribution in [0.25, 0.3) is 0 Å². The van der Waals surface area contributed by atoms with Gasteiger partial charge >= 0.3 is 0 Å². The maximum atomic E-state index is 12.2. The van der Waals surface area contributed by atoms with Crippen LogP contribution in [0.2, 0.25) is 0 Å². The molecule has 0 aromatic carbocycles. The molecule has 1 amide bonds. The van der Waals surface area contributed by atoms with Gasteiger partial charge in [-0.3, -0.25) is 9.48 Å². The van der Waals surface area contributed by atoms with Crippen LogP contribution in [-0.2, 0) is 11.3 Å². The minimum Gasteiger partial charge on any atom is -0.396 e. The van der Waals surface area contributed by atoms with E-state index in [9.17, 15) is 4.79 Å². The van der Waals surface area contributed by atoms with Crippen molar-refractivity contribution in [3.63, 3.8) is 0 Å². The lowest BCUT2D eigenvalue weighted by molar-refractivity contribution is -0.135. The predicted molar refractivity (Wildman–Crippen MR) is 67.9 cm³/mol. The van der Waals surface area contributed by atoms with Gasteiger partial charge in [0.05, 0.1) is 0 Å². The Labute approximate surface area is 107 Å². The van der Waals surface area contributed by atoms with E-state index in [1.54, 1.807) is 10.9 Å². The summed E-state index contributed by atoms with van der Waals surface area (Å²) in [5, 5.41) is 13.0. The number of hydrogen-bond acceptors (Lipinski definition) is 3. The van der Waals surface area contributed by atoms with Gasteiger partial charge in [0, 0.05) is 44.6 Å². The first-order valence-electron chi connectivity index (χ1n) is 6.69. The monoisotopic (exact) mass is 251 g/mol. The molecule has 18 heavy (non-hydrogen) atoms. The third kappa shape index (κ3) is 3.32. The minimum atomic E-state index is 0.148. The van der Waals surface area contributed by atoms with Crippen LogP contribution in [0.4, 0.5) is 0 Å². The van der Waals surface area contributed by atoms with Crippen LogP contribution in [0.5, 0.6) is 0 Å². The summed E-state index contributed by atoms with van der Waals surface area (Å²) < 4.78 is 1.78. The standard InChI is InChI=1S/C13H21N3O2/c17-11-3-9-16(12-4-1-5-12)13(18)6-10-15-8-2-7-14-15/h2,7-8,12,17H,1,3-6,9-11H2. The van der Waals surface area contributed by atoms with Crippen molar-refractivity contribution in [3.05, 3.63) is 18.5 Å². The molecular weight excluding hydrogens is 230 g/mol. The zero-order chi connectivity index (χ0) is 12.8. The molecule has 1 aliphatic rings. The van der Waals surface area contributed by atoms with Crippen molar-refractivity contribution in [1.29, 1.82) is 0 Å². The summed E-state index contributed by atoms with van der Waals surface area (Å²) in [5.41, 5.74) is 0. The molecule has 5 heteroatoms. The molecular formula is C13H21N3O2. The Bertz CT molecular complexity index is 360. The zero-order valence-corrected chi connectivity index (χ0v) is 10.7. The molecule has 0 radical (unpaired) electrons. The summed E-state index contributed by atoms with van der Waals surface area (Å²) in [4.78, 5) is 14.1. The molecule has 1 aromatic rings. The van der Waals surface area contributed by atoms with Gasteiger partial charge in [-0.2, -0.15) is 5.10 Å². The lowest BCUT2D eigenvalue weighted by Crippen LogP contribution is -2.45. The van der Waals surface area contributed by atoms with Gasteiger partial charge in [-0.15, -0.1) is 0 Å². The minimum absolute atomic E-state index is 0.148. The first-order valence-corrected chi connectivity index (χ1v) is 6.69. The number of amides is 1. The molecule has 0 unspecified atom stereocenters. The molecule has 1 N–H and O–H groups in total. The second-order valence-electron chi connectivity index (χ2n) is 4.77. The van der Waals surface area contributed by atoms with Crippen molar-refractivity contribution in [2.75, 3.05) is 13.2 Å². The summed E-state index contributed by atoms with van der Waals surface area (Å²) in [6, 6.07) is 2.27. The summed E-state index contributed by atoms with van der Waals surface area (Å²) in [6.07, 6.45) is 8.19. The smallest absolute Gasteiger partial charge is 0.224 e. The third-order valence-corrected chi connectivity index (χ3v) is 3.51. The molecule has 1 aromatic heterocycles. The average molecular weight is 251 g/mol. The fourth-order valence-electron chi connectivity index (χ4n) is 2.24. The van der Waals surface area contributed by atoms with Gasteiger partial charge in [0.1, 0.15) is 0 Å². The van der Waals surface area contributed by atoms with Gasteiger partial charge in [0.25, 0.3) is 0 Å². The van der Waals surface area contributed by atoms with Gasteiger partial charge in [-0.1, -0.05) is 0 Å². The van der Waals surface area contributed by atoms with E-state index in [4.69, 9.17) is 5.11 Å². The maximum Gasteiger partial charge on any atom is 0.224 e. The number of rotatable bonds is 7. The van der Waals surface area contributed by atoms with Gasteiger partial charge in [0.15, 0.2) is 0 Å². The van der Waals surface area contributed by atoms with Crippen LogP contribution in [0.15, 0.2) is 18.5 Å². The number of aliphatic hydroxyl groups is 1. The fraction of sp³-hybridized carbons (Fsp3) is 0.692. The largest absolute Gasteiger partial charge is 0.396 e. The van der Waals surface area contributed by atoms with Crippen molar-refractivity contribution in [2.24, 2.45) is 0 Å². The highest BCUT2D eigenvalue weighted by Crippen LogP contribution is 2.25.